The molecule has 0 aliphatic heterocycles. The minimum absolute atomic E-state index is 1.22. The lowest BCUT2D eigenvalue weighted by Gasteiger charge is -2.44. The molecule has 0 amide bonds. The van der Waals surface area contributed by atoms with Gasteiger partial charge in [0, 0.05) is 0 Å². The van der Waals surface area contributed by atoms with Crippen LogP contribution in [0.15, 0.2) is 364 Å². The van der Waals surface area contributed by atoms with Crippen molar-refractivity contribution >= 4 is 84.5 Å². The van der Waals surface area contributed by atoms with E-state index in [0.29, 0.717) is 0 Å². The molecule has 1 nitrogen and oxygen atoms in total. The number of quaternary nitrogens is 1. The van der Waals surface area contributed by atoms with Crippen molar-refractivity contribution in [3.05, 3.63) is 364 Å². The third-order valence-corrected chi connectivity index (χ3v) is 20.8. The van der Waals surface area contributed by atoms with Gasteiger partial charge in [0.1, 0.15) is 40.8 Å². The predicted octanol–water partition coefficient (Wildman–Crippen LogP) is 10.4. The third-order valence-electron chi connectivity index (χ3n) is 16.5. The van der Waals surface area contributed by atoms with Crippen molar-refractivity contribution in [2.24, 2.45) is 0 Å². The number of benzene rings is 12. The Labute approximate surface area is 490 Å². The van der Waals surface area contributed by atoms with Gasteiger partial charge in [-0.3, -0.25) is 0 Å². The Morgan fingerprint density at radius 1 is 0.195 bits per heavy atom. The van der Waals surface area contributed by atoms with Gasteiger partial charge in [-0.25, -0.2) is 0 Å². The maximum absolute atomic E-state index is 2.28. The van der Waals surface area contributed by atoms with Gasteiger partial charge in [0.25, 0.3) is 0 Å². The molecule has 0 saturated carbocycles. The van der Waals surface area contributed by atoms with Gasteiger partial charge in [-0.1, -0.05) is 315 Å². The Bertz CT molecular complexity index is 2760. The first-order valence-corrected chi connectivity index (χ1v) is 31.1. The van der Waals surface area contributed by atoms with E-state index in [1.165, 1.54) is 84.6 Å². The van der Waals surface area contributed by atoms with Crippen molar-refractivity contribution in [3.8, 4) is 0 Å². The van der Waals surface area contributed by atoms with Crippen molar-refractivity contribution in [1.82, 2.24) is 0 Å². The summed E-state index contributed by atoms with van der Waals surface area (Å²) in [6, 6.07) is 131. The molecule has 12 aromatic carbocycles. The minimum atomic E-state index is -1.91. The van der Waals surface area contributed by atoms with Crippen LogP contribution >= 0.6 is 7.26 Å². The summed E-state index contributed by atoms with van der Waals surface area (Å²) in [6.45, 7) is 10.5. The second-order valence-corrected chi connectivity index (χ2v) is 24.2. The van der Waals surface area contributed by atoms with E-state index in [2.05, 4.69) is 385 Å². The fourth-order valence-electron chi connectivity index (χ4n) is 12.5. The Morgan fingerprint density at radius 3 is 0.427 bits per heavy atom. The van der Waals surface area contributed by atoms with Crippen LogP contribution in [0.3, 0.4) is 0 Å². The lowest BCUT2D eigenvalue weighted by atomic mass is 9.13. The van der Waals surface area contributed by atoms with E-state index in [4.69, 9.17) is 0 Å². The molecule has 0 aliphatic rings. The van der Waals surface area contributed by atoms with Gasteiger partial charge < -0.3 is 4.90 Å². The molecule has 0 fully saturated rings. The summed E-state index contributed by atoms with van der Waals surface area (Å²) in [5, 5.41) is 5.55. The van der Waals surface area contributed by atoms with Crippen molar-refractivity contribution in [2.45, 2.75) is 20.8 Å². The maximum atomic E-state index is 2.28. The summed E-state index contributed by atoms with van der Waals surface area (Å²) < 4.78 is 0. The fraction of sp³-hybridized carbons (Fsp3) is 0.0769. The van der Waals surface area contributed by atoms with Crippen LogP contribution in [0.4, 0.5) is 0 Å². The Morgan fingerprint density at radius 2 is 0.317 bits per heavy atom. The topological polar surface area (TPSA) is 4.44 Å². The fourth-order valence-corrected chi connectivity index (χ4v) is 16.8. The molecule has 12 aromatic rings. The highest BCUT2D eigenvalue weighted by molar-refractivity contribution is 8.01. The van der Waals surface area contributed by atoms with Gasteiger partial charge in [-0.05, 0) is 69.3 Å². The van der Waals surface area contributed by atoms with Crippen LogP contribution in [0.1, 0.15) is 20.8 Å². The highest BCUT2D eigenvalue weighted by Gasteiger charge is 2.47. The lowest BCUT2D eigenvalue weighted by molar-refractivity contribution is -0.894. The molecule has 0 atom stereocenters. The molecule has 0 radical (unpaired) electrons. The smallest absolute Gasteiger partial charge is 0.144 e. The minimum Gasteiger partial charge on any atom is -0.336 e. The van der Waals surface area contributed by atoms with E-state index >= 15 is 0 Å². The van der Waals surface area contributed by atoms with Gasteiger partial charge >= 0.3 is 0 Å². The highest BCUT2D eigenvalue weighted by Crippen LogP contribution is 2.54. The zero-order valence-electron chi connectivity index (χ0n) is 47.9. The molecule has 0 heterocycles. The Kier molecular flexibility index (Phi) is 20.9. The molecular formula is C78H76B2NP. The average Bonchev–Trinajstić information content (AvgIpc) is 3.75. The van der Waals surface area contributed by atoms with Gasteiger partial charge in [-0.15, -0.1) is 0 Å². The van der Waals surface area contributed by atoms with Crippen LogP contribution in [0.2, 0.25) is 0 Å². The molecule has 1 N–H and O–H groups in total. The van der Waals surface area contributed by atoms with E-state index in [1.807, 2.05) is 0 Å². The zero-order chi connectivity index (χ0) is 56.6. The Hall–Kier alpha value is -8.84. The first kappa shape index (κ1) is 57.8. The first-order chi connectivity index (χ1) is 40.6. The number of hydrogen-bond acceptors (Lipinski definition) is 0. The van der Waals surface area contributed by atoms with E-state index in [-0.39, 0.29) is 0 Å². The van der Waals surface area contributed by atoms with Crippen LogP contribution in [-0.2, 0) is 0 Å². The second kappa shape index (κ2) is 29.6. The van der Waals surface area contributed by atoms with E-state index < -0.39 is 19.6 Å². The third kappa shape index (κ3) is 12.8. The molecule has 0 bridgehead atoms. The summed E-state index contributed by atoms with van der Waals surface area (Å²) in [5.74, 6) is 0. The molecule has 0 aliphatic carbocycles. The second-order valence-electron chi connectivity index (χ2n) is 20.8. The summed E-state index contributed by atoms with van der Waals surface area (Å²) >= 11 is 0. The molecule has 0 aromatic heterocycles. The molecule has 82 heavy (non-hydrogen) atoms. The molecule has 12 rings (SSSR count). The summed E-state index contributed by atoms with van der Waals surface area (Å²) in [6.07, 6.45) is -2.43. The Balaban J connectivity index is 0.000000140. The summed E-state index contributed by atoms with van der Waals surface area (Å²) in [5.41, 5.74) is 10.7. The summed E-state index contributed by atoms with van der Waals surface area (Å²) in [7, 11) is -1.91. The van der Waals surface area contributed by atoms with E-state index in [0.717, 1.165) is 0 Å². The van der Waals surface area contributed by atoms with Crippen molar-refractivity contribution in [1.29, 1.82) is 0 Å². The van der Waals surface area contributed by atoms with Crippen LogP contribution in [-0.4, -0.2) is 31.9 Å². The number of rotatable bonds is 15. The van der Waals surface area contributed by atoms with E-state index in [1.54, 1.807) is 4.90 Å². The van der Waals surface area contributed by atoms with Gasteiger partial charge in [0.05, 0.1) is 19.6 Å². The van der Waals surface area contributed by atoms with Gasteiger partial charge in [0.2, 0.25) is 0 Å². The molecule has 0 saturated heterocycles. The van der Waals surface area contributed by atoms with Gasteiger partial charge in [-0.2, -0.15) is 43.7 Å². The van der Waals surface area contributed by atoms with Crippen LogP contribution in [0.25, 0.3) is 0 Å². The molecule has 0 unspecified atom stereocenters. The quantitative estimate of drug-likeness (QED) is 0.0771. The van der Waals surface area contributed by atoms with Crippen molar-refractivity contribution in [2.75, 3.05) is 19.6 Å². The number of hydrogen-bond donors (Lipinski definition) is 1. The summed E-state index contributed by atoms with van der Waals surface area (Å²) in [4.78, 5) is 1.68. The molecular weight excluding hydrogens is 1000 g/mol. The molecule has 404 valence electrons. The van der Waals surface area contributed by atoms with Crippen molar-refractivity contribution in [3.63, 3.8) is 0 Å². The predicted molar refractivity (Wildman–Crippen MR) is 364 cm³/mol. The molecule has 0 spiro atoms. The van der Waals surface area contributed by atoms with E-state index in [9.17, 15) is 0 Å². The first-order valence-electron chi connectivity index (χ1n) is 29.3. The average molecular weight is 1080 g/mol. The standard InChI is InChI=1S/2C24H20B.C24H20P.C6H15N/c3*1-5-13-21(14-6-1)25(22-15-7-2-8-16-22,23-17-9-3-10-18-23)24-19-11-4-12-20-24;1-4-7(5-2)6-3/h3*1-20H;4-6H2,1-3H3/q2*-1;+1;/p+1. The van der Waals surface area contributed by atoms with Crippen LogP contribution in [0, 0.1) is 0 Å². The number of nitrogens with one attached hydrogen (secondary N) is 1. The lowest BCUT2D eigenvalue weighted by Crippen LogP contribution is -3.11. The zero-order valence-corrected chi connectivity index (χ0v) is 48.8. The SMILES string of the molecule is CC[NH+](CC)CC.c1ccc([B-](c2ccccc2)(c2ccccc2)c2ccccc2)cc1.c1ccc([B-](c2ccccc2)(c2ccccc2)c2ccccc2)cc1.c1ccc([P+](c2ccccc2)(c2ccccc2)c2ccccc2)cc1. The largest absolute Gasteiger partial charge is 0.336 e. The van der Waals surface area contributed by atoms with Crippen LogP contribution in [0.5, 0.6) is 0 Å². The van der Waals surface area contributed by atoms with Crippen molar-refractivity contribution < 1.29 is 4.90 Å². The monoisotopic (exact) mass is 1080 g/mol. The molecule has 4 heteroatoms. The normalized spacial score (nSPS) is 11.1. The maximum Gasteiger partial charge on any atom is 0.144 e. The highest BCUT2D eigenvalue weighted by atomic mass is 31.2. The van der Waals surface area contributed by atoms with Gasteiger partial charge in [0.15, 0.2) is 0 Å². The van der Waals surface area contributed by atoms with Crippen LogP contribution < -0.4 is 69.8 Å².